The summed E-state index contributed by atoms with van der Waals surface area (Å²) in [7, 11) is 1.77. The van der Waals surface area contributed by atoms with Gasteiger partial charge >= 0.3 is 0 Å². The fourth-order valence-electron chi connectivity index (χ4n) is 1.17. The maximum atomic E-state index is 11.4. The highest BCUT2D eigenvalue weighted by Crippen LogP contribution is 2.01. The van der Waals surface area contributed by atoms with Crippen LogP contribution in [0.15, 0.2) is 24.5 Å². The third kappa shape index (κ3) is 3.14. The second kappa shape index (κ2) is 5.34. The molecule has 0 radical (unpaired) electrons. The lowest BCUT2D eigenvalue weighted by molar-refractivity contribution is -0.130. The number of rotatable bonds is 4. The molecule has 0 aromatic carbocycles. The van der Waals surface area contributed by atoms with Crippen LogP contribution in [0, 0.1) is 0 Å². The Hall–Kier alpha value is -1.42. The van der Waals surface area contributed by atoms with Crippen molar-refractivity contribution >= 4 is 5.91 Å². The minimum absolute atomic E-state index is 0.0661. The summed E-state index contributed by atoms with van der Waals surface area (Å²) in [4.78, 5) is 17.0. The molecule has 14 heavy (non-hydrogen) atoms. The normalized spacial score (nSPS) is 9.86. The van der Waals surface area contributed by atoms with E-state index in [4.69, 9.17) is 5.73 Å². The molecule has 0 atom stereocenters. The third-order valence-corrected chi connectivity index (χ3v) is 1.93. The SMILES string of the molecule is CN(Cc1cccnc1)C(=O)CCN. The number of amides is 1. The van der Waals surface area contributed by atoms with Crippen molar-refractivity contribution in [3.63, 3.8) is 0 Å². The van der Waals surface area contributed by atoms with E-state index in [0.29, 0.717) is 19.5 Å². The lowest BCUT2D eigenvalue weighted by Crippen LogP contribution is -2.27. The van der Waals surface area contributed by atoms with Gasteiger partial charge in [0.05, 0.1) is 0 Å². The number of hydrogen-bond acceptors (Lipinski definition) is 3. The first-order valence-electron chi connectivity index (χ1n) is 4.57. The van der Waals surface area contributed by atoms with E-state index in [1.165, 1.54) is 0 Å². The Kier molecular flexibility index (Phi) is 4.07. The van der Waals surface area contributed by atoms with E-state index < -0.39 is 0 Å². The number of nitrogens with two attached hydrogens (primary N) is 1. The summed E-state index contributed by atoms with van der Waals surface area (Å²) in [6, 6.07) is 3.80. The second-order valence-corrected chi connectivity index (χ2v) is 3.15. The Morgan fingerprint density at radius 3 is 3.00 bits per heavy atom. The van der Waals surface area contributed by atoms with Crippen LogP contribution in [-0.4, -0.2) is 29.4 Å². The van der Waals surface area contributed by atoms with Crippen molar-refractivity contribution in [3.05, 3.63) is 30.1 Å². The molecule has 0 spiro atoms. The molecule has 1 rings (SSSR count). The van der Waals surface area contributed by atoms with E-state index in [2.05, 4.69) is 4.98 Å². The zero-order chi connectivity index (χ0) is 10.4. The van der Waals surface area contributed by atoms with Crippen molar-refractivity contribution in [2.24, 2.45) is 5.73 Å². The van der Waals surface area contributed by atoms with Crippen molar-refractivity contribution in [2.45, 2.75) is 13.0 Å². The van der Waals surface area contributed by atoms with Gasteiger partial charge in [0.1, 0.15) is 0 Å². The van der Waals surface area contributed by atoms with Gasteiger partial charge in [0, 0.05) is 39.0 Å². The minimum Gasteiger partial charge on any atom is -0.341 e. The monoisotopic (exact) mass is 193 g/mol. The summed E-state index contributed by atoms with van der Waals surface area (Å²) in [6.07, 6.45) is 3.87. The smallest absolute Gasteiger partial charge is 0.223 e. The summed E-state index contributed by atoms with van der Waals surface area (Å²) >= 11 is 0. The van der Waals surface area contributed by atoms with Gasteiger partial charge in [-0.1, -0.05) is 6.07 Å². The van der Waals surface area contributed by atoms with Crippen LogP contribution in [0.3, 0.4) is 0 Å². The predicted octanol–water partition coefficient (Wildman–Crippen LogP) is 0.389. The summed E-state index contributed by atoms with van der Waals surface area (Å²) in [5.74, 6) is 0.0661. The van der Waals surface area contributed by atoms with Gasteiger partial charge < -0.3 is 10.6 Å². The summed E-state index contributed by atoms with van der Waals surface area (Å²) < 4.78 is 0. The first kappa shape index (κ1) is 10.7. The third-order valence-electron chi connectivity index (χ3n) is 1.93. The number of nitrogens with zero attached hydrogens (tertiary/aromatic N) is 2. The zero-order valence-electron chi connectivity index (χ0n) is 8.31. The Bertz CT molecular complexity index is 287. The average Bonchev–Trinajstić information content (AvgIpc) is 2.19. The van der Waals surface area contributed by atoms with Crippen molar-refractivity contribution in [3.8, 4) is 0 Å². The standard InChI is InChI=1S/C10H15N3O/c1-13(10(14)4-5-11)8-9-3-2-6-12-7-9/h2-3,6-7H,4-5,8,11H2,1H3. The largest absolute Gasteiger partial charge is 0.341 e. The molecule has 4 heteroatoms. The molecule has 1 aromatic rings. The van der Waals surface area contributed by atoms with Crippen molar-refractivity contribution in [1.29, 1.82) is 0 Å². The average molecular weight is 193 g/mol. The van der Waals surface area contributed by atoms with Crippen LogP contribution >= 0.6 is 0 Å². The van der Waals surface area contributed by atoms with Crippen LogP contribution in [0.5, 0.6) is 0 Å². The van der Waals surface area contributed by atoms with E-state index in [0.717, 1.165) is 5.56 Å². The second-order valence-electron chi connectivity index (χ2n) is 3.15. The Balaban J connectivity index is 2.49. The van der Waals surface area contributed by atoms with E-state index in [9.17, 15) is 4.79 Å². The predicted molar refractivity (Wildman–Crippen MR) is 54.4 cm³/mol. The molecule has 1 heterocycles. The lowest BCUT2D eigenvalue weighted by atomic mass is 10.2. The molecule has 1 amide bonds. The van der Waals surface area contributed by atoms with Crippen molar-refractivity contribution in [1.82, 2.24) is 9.88 Å². The highest BCUT2D eigenvalue weighted by molar-refractivity contribution is 5.75. The highest BCUT2D eigenvalue weighted by atomic mass is 16.2. The molecule has 76 valence electrons. The van der Waals surface area contributed by atoms with Gasteiger partial charge in [-0.05, 0) is 11.6 Å². The maximum Gasteiger partial charge on any atom is 0.223 e. The molecule has 0 aliphatic carbocycles. The molecule has 1 aromatic heterocycles. The molecular weight excluding hydrogens is 178 g/mol. The summed E-state index contributed by atoms with van der Waals surface area (Å²) in [5.41, 5.74) is 6.33. The Labute approximate surface area is 83.7 Å². The quantitative estimate of drug-likeness (QED) is 0.752. The van der Waals surface area contributed by atoms with Gasteiger partial charge in [0.15, 0.2) is 0 Å². The lowest BCUT2D eigenvalue weighted by Gasteiger charge is -2.16. The molecule has 0 saturated heterocycles. The molecule has 0 saturated carbocycles. The number of aromatic nitrogens is 1. The van der Waals surface area contributed by atoms with Crippen LogP contribution in [0.25, 0.3) is 0 Å². The van der Waals surface area contributed by atoms with Crippen LogP contribution < -0.4 is 5.73 Å². The molecular formula is C10H15N3O. The van der Waals surface area contributed by atoms with Gasteiger partial charge in [0.25, 0.3) is 0 Å². The summed E-state index contributed by atoms with van der Waals surface area (Å²) in [5, 5.41) is 0. The Morgan fingerprint density at radius 2 is 2.43 bits per heavy atom. The summed E-state index contributed by atoms with van der Waals surface area (Å²) in [6.45, 7) is 0.989. The van der Waals surface area contributed by atoms with Crippen LogP contribution in [-0.2, 0) is 11.3 Å². The van der Waals surface area contributed by atoms with Gasteiger partial charge in [-0.2, -0.15) is 0 Å². The fraction of sp³-hybridized carbons (Fsp3) is 0.400. The Morgan fingerprint density at radius 1 is 1.64 bits per heavy atom. The molecule has 2 N–H and O–H groups in total. The van der Waals surface area contributed by atoms with Crippen molar-refractivity contribution in [2.75, 3.05) is 13.6 Å². The highest BCUT2D eigenvalue weighted by Gasteiger charge is 2.07. The van der Waals surface area contributed by atoms with Gasteiger partial charge in [-0.3, -0.25) is 9.78 Å². The number of pyridine rings is 1. The van der Waals surface area contributed by atoms with Crippen molar-refractivity contribution < 1.29 is 4.79 Å². The molecule has 0 aliphatic heterocycles. The number of hydrogen-bond donors (Lipinski definition) is 1. The molecule has 0 unspecified atom stereocenters. The van der Waals surface area contributed by atoms with Crippen LogP contribution in [0.2, 0.25) is 0 Å². The molecule has 0 aliphatic rings. The fourth-order valence-corrected chi connectivity index (χ4v) is 1.17. The minimum atomic E-state index is 0.0661. The number of carbonyl (C=O) groups excluding carboxylic acids is 1. The topological polar surface area (TPSA) is 59.2 Å². The van der Waals surface area contributed by atoms with Gasteiger partial charge in [-0.15, -0.1) is 0 Å². The molecule has 4 nitrogen and oxygen atoms in total. The van der Waals surface area contributed by atoms with Crippen LogP contribution in [0.1, 0.15) is 12.0 Å². The number of carbonyl (C=O) groups is 1. The van der Waals surface area contributed by atoms with Crippen LogP contribution in [0.4, 0.5) is 0 Å². The maximum absolute atomic E-state index is 11.4. The zero-order valence-corrected chi connectivity index (χ0v) is 8.31. The first-order valence-corrected chi connectivity index (χ1v) is 4.57. The molecule has 0 fully saturated rings. The first-order chi connectivity index (χ1) is 6.74. The van der Waals surface area contributed by atoms with Gasteiger partial charge in [0.2, 0.25) is 5.91 Å². The van der Waals surface area contributed by atoms with E-state index in [1.54, 1.807) is 24.3 Å². The molecule has 0 bridgehead atoms. The van der Waals surface area contributed by atoms with E-state index in [1.807, 2.05) is 12.1 Å². The van der Waals surface area contributed by atoms with E-state index >= 15 is 0 Å². The van der Waals surface area contributed by atoms with Gasteiger partial charge in [-0.25, -0.2) is 0 Å². The van der Waals surface area contributed by atoms with E-state index in [-0.39, 0.29) is 5.91 Å².